The highest BCUT2D eigenvalue weighted by atomic mass is 32.2. The van der Waals surface area contributed by atoms with Gasteiger partial charge in [-0.1, -0.05) is 31.9 Å². The molecule has 0 heterocycles. The topological polar surface area (TPSA) is 102 Å². The minimum absolute atomic E-state index is 0.0589. The molecule has 144 valence electrons. The fourth-order valence-corrected chi connectivity index (χ4v) is 3.64. The SMILES string of the molecule is CC(OC(=O)c1ccccc1NS(C)(=O)=O)C(=O)NC1CCCCC1C. The Kier molecular flexibility index (Phi) is 6.63. The predicted octanol–water partition coefficient (Wildman–Crippen LogP) is 2.30. The molecular formula is C18H26N2O5S. The van der Waals surface area contributed by atoms with Crippen molar-refractivity contribution in [3.8, 4) is 0 Å². The van der Waals surface area contributed by atoms with Crippen LogP contribution in [0.3, 0.4) is 0 Å². The number of amides is 1. The van der Waals surface area contributed by atoms with Crippen LogP contribution in [0.2, 0.25) is 0 Å². The van der Waals surface area contributed by atoms with Crippen molar-refractivity contribution in [2.24, 2.45) is 5.92 Å². The monoisotopic (exact) mass is 382 g/mol. The zero-order valence-electron chi connectivity index (χ0n) is 15.3. The molecule has 0 saturated heterocycles. The largest absolute Gasteiger partial charge is 0.449 e. The molecule has 0 aromatic heterocycles. The van der Waals surface area contributed by atoms with E-state index in [0.29, 0.717) is 5.92 Å². The summed E-state index contributed by atoms with van der Waals surface area (Å²) in [5, 5.41) is 2.95. The molecule has 3 unspecified atom stereocenters. The average molecular weight is 382 g/mol. The summed E-state index contributed by atoms with van der Waals surface area (Å²) in [6.45, 7) is 3.61. The van der Waals surface area contributed by atoms with Crippen LogP contribution in [-0.2, 0) is 19.6 Å². The molecule has 1 aliphatic rings. The van der Waals surface area contributed by atoms with E-state index in [2.05, 4.69) is 17.0 Å². The molecule has 2 N–H and O–H groups in total. The van der Waals surface area contributed by atoms with Gasteiger partial charge in [0.25, 0.3) is 5.91 Å². The molecule has 1 aliphatic carbocycles. The van der Waals surface area contributed by atoms with Gasteiger partial charge in [0.2, 0.25) is 10.0 Å². The maximum Gasteiger partial charge on any atom is 0.341 e. The minimum atomic E-state index is -3.54. The van der Waals surface area contributed by atoms with Crippen molar-refractivity contribution in [2.45, 2.75) is 51.7 Å². The van der Waals surface area contributed by atoms with Crippen LogP contribution >= 0.6 is 0 Å². The number of ether oxygens (including phenoxy) is 1. The van der Waals surface area contributed by atoms with E-state index >= 15 is 0 Å². The van der Waals surface area contributed by atoms with Crippen LogP contribution in [0.25, 0.3) is 0 Å². The van der Waals surface area contributed by atoms with Crippen LogP contribution < -0.4 is 10.0 Å². The lowest BCUT2D eigenvalue weighted by Gasteiger charge is -2.30. The van der Waals surface area contributed by atoms with E-state index in [1.807, 2.05) is 0 Å². The van der Waals surface area contributed by atoms with Crippen LogP contribution in [0.15, 0.2) is 24.3 Å². The first kappa shape index (κ1) is 20.2. The van der Waals surface area contributed by atoms with Crippen LogP contribution in [0, 0.1) is 5.92 Å². The van der Waals surface area contributed by atoms with Gasteiger partial charge in [-0.05, 0) is 37.8 Å². The van der Waals surface area contributed by atoms with Gasteiger partial charge in [-0.3, -0.25) is 9.52 Å². The molecule has 1 saturated carbocycles. The molecule has 0 bridgehead atoms. The van der Waals surface area contributed by atoms with Gasteiger partial charge in [0.1, 0.15) is 0 Å². The lowest BCUT2D eigenvalue weighted by Crippen LogP contribution is -2.46. The Labute approximate surface area is 154 Å². The zero-order valence-corrected chi connectivity index (χ0v) is 16.1. The number of nitrogens with one attached hydrogen (secondary N) is 2. The zero-order chi connectivity index (χ0) is 19.3. The Bertz CT molecular complexity index is 763. The third-order valence-electron chi connectivity index (χ3n) is 4.53. The van der Waals surface area contributed by atoms with Gasteiger partial charge in [0.15, 0.2) is 6.10 Å². The standard InChI is InChI=1S/C18H26N2O5S/c1-12-8-4-6-10-15(12)19-17(21)13(2)25-18(22)14-9-5-7-11-16(14)20-26(3,23)24/h5,7,9,11-13,15,20H,4,6,8,10H2,1-3H3,(H,19,21). The fraction of sp³-hybridized carbons (Fsp3) is 0.556. The van der Waals surface area contributed by atoms with Crippen molar-refractivity contribution in [1.82, 2.24) is 5.32 Å². The Morgan fingerprint density at radius 3 is 2.50 bits per heavy atom. The molecule has 1 fully saturated rings. The smallest absolute Gasteiger partial charge is 0.341 e. The van der Waals surface area contributed by atoms with Crippen molar-refractivity contribution in [2.75, 3.05) is 11.0 Å². The molecule has 3 atom stereocenters. The second kappa shape index (κ2) is 8.53. The molecule has 1 amide bonds. The normalized spacial score (nSPS) is 21.5. The van der Waals surface area contributed by atoms with Gasteiger partial charge >= 0.3 is 5.97 Å². The molecule has 0 aliphatic heterocycles. The molecule has 2 rings (SSSR count). The number of esters is 1. The predicted molar refractivity (Wildman–Crippen MR) is 99.3 cm³/mol. The van der Waals surface area contributed by atoms with Gasteiger partial charge < -0.3 is 10.1 Å². The summed E-state index contributed by atoms with van der Waals surface area (Å²) < 4.78 is 30.4. The summed E-state index contributed by atoms with van der Waals surface area (Å²) in [7, 11) is -3.54. The molecule has 1 aromatic rings. The number of para-hydroxylation sites is 1. The van der Waals surface area contributed by atoms with Crippen molar-refractivity contribution < 1.29 is 22.7 Å². The Morgan fingerprint density at radius 1 is 1.19 bits per heavy atom. The molecule has 0 spiro atoms. The summed E-state index contributed by atoms with van der Waals surface area (Å²) in [5.74, 6) is -0.697. The highest BCUT2D eigenvalue weighted by Gasteiger charge is 2.27. The number of hydrogen-bond acceptors (Lipinski definition) is 5. The van der Waals surface area contributed by atoms with Crippen LogP contribution in [0.1, 0.15) is 49.9 Å². The summed E-state index contributed by atoms with van der Waals surface area (Å²) in [5.41, 5.74) is 0.178. The van der Waals surface area contributed by atoms with Crippen molar-refractivity contribution in [1.29, 1.82) is 0 Å². The molecular weight excluding hydrogens is 356 g/mol. The summed E-state index contributed by atoms with van der Waals surface area (Å²) in [6.07, 6.45) is 4.27. The number of rotatable bonds is 6. The number of benzene rings is 1. The fourth-order valence-electron chi connectivity index (χ4n) is 3.06. The third-order valence-corrected chi connectivity index (χ3v) is 5.13. The van der Waals surface area contributed by atoms with E-state index in [9.17, 15) is 18.0 Å². The van der Waals surface area contributed by atoms with Crippen molar-refractivity contribution in [3.05, 3.63) is 29.8 Å². The molecule has 7 nitrogen and oxygen atoms in total. The van der Waals surface area contributed by atoms with Crippen molar-refractivity contribution >= 4 is 27.6 Å². The van der Waals surface area contributed by atoms with E-state index in [4.69, 9.17) is 4.74 Å². The maximum atomic E-state index is 12.4. The first-order valence-electron chi connectivity index (χ1n) is 8.75. The molecule has 0 radical (unpaired) electrons. The van der Waals surface area contributed by atoms with Crippen LogP contribution in [0.5, 0.6) is 0 Å². The van der Waals surface area contributed by atoms with Gasteiger partial charge in [-0.2, -0.15) is 0 Å². The number of carbonyl (C=O) groups is 2. The van der Waals surface area contributed by atoms with E-state index < -0.39 is 22.1 Å². The third kappa shape index (κ3) is 5.72. The van der Waals surface area contributed by atoms with E-state index in [1.54, 1.807) is 12.1 Å². The summed E-state index contributed by atoms with van der Waals surface area (Å²) in [4.78, 5) is 24.7. The minimum Gasteiger partial charge on any atom is -0.449 e. The highest BCUT2D eigenvalue weighted by Crippen LogP contribution is 2.24. The first-order chi connectivity index (χ1) is 12.2. The maximum absolute atomic E-state index is 12.4. The summed E-state index contributed by atoms with van der Waals surface area (Å²) in [6, 6.07) is 6.20. The van der Waals surface area contributed by atoms with Crippen LogP contribution in [-0.4, -0.2) is 38.7 Å². The second-order valence-electron chi connectivity index (χ2n) is 6.84. The number of carbonyl (C=O) groups excluding carboxylic acids is 2. The second-order valence-corrected chi connectivity index (χ2v) is 8.59. The van der Waals surface area contributed by atoms with Crippen molar-refractivity contribution in [3.63, 3.8) is 0 Å². The Hall–Kier alpha value is -2.09. The van der Waals surface area contributed by atoms with E-state index in [1.165, 1.54) is 25.5 Å². The number of anilines is 1. The molecule has 26 heavy (non-hydrogen) atoms. The van der Waals surface area contributed by atoms with Gasteiger partial charge in [-0.15, -0.1) is 0 Å². The lowest BCUT2D eigenvalue weighted by atomic mass is 9.86. The van der Waals surface area contributed by atoms with E-state index in [-0.39, 0.29) is 23.2 Å². The number of hydrogen-bond donors (Lipinski definition) is 2. The average Bonchev–Trinajstić information content (AvgIpc) is 2.55. The Morgan fingerprint density at radius 2 is 1.85 bits per heavy atom. The first-order valence-corrected chi connectivity index (χ1v) is 10.6. The Balaban J connectivity index is 2.01. The summed E-state index contributed by atoms with van der Waals surface area (Å²) >= 11 is 0. The van der Waals surface area contributed by atoms with Gasteiger partial charge in [-0.25, -0.2) is 13.2 Å². The van der Waals surface area contributed by atoms with E-state index in [0.717, 1.165) is 25.5 Å². The van der Waals surface area contributed by atoms with Gasteiger partial charge in [0.05, 0.1) is 17.5 Å². The van der Waals surface area contributed by atoms with Gasteiger partial charge in [0, 0.05) is 6.04 Å². The molecule has 8 heteroatoms. The van der Waals surface area contributed by atoms with Crippen LogP contribution in [0.4, 0.5) is 5.69 Å². The lowest BCUT2D eigenvalue weighted by molar-refractivity contribution is -0.130. The number of sulfonamides is 1. The highest BCUT2D eigenvalue weighted by molar-refractivity contribution is 7.92. The quantitative estimate of drug-likeness (QED) is 0.735. The molecule has 1 aromatic carbocycles.